The van der Waals surface area contributed by atoms with Crippen LogP contribution in [0.1, 0.15) is 49.1 Å². The molecule has 1 aromatic heterocycles. The minimum absolute atomic E-state index is 0.204. The van der Waals surface area contributed by atoms with E-state index in [9.17, 15) is 4.79 Å². The summed E-state index contributed by atoms with van der Waals surface area (Å²) in [5.74, 6) is 1.71. The van der Waals surface area contributed by atoms with Crippen LogP contribution >= 0.6 is 0 Å². The van der Waals surface area contributed by atoms with Gasteiger partial charge < -0.3 is 5.32 Å². The molecule has 0 aliphatic heterocycles. The molecule has 1 heterocycles. The predicted octanol–water partition coefficient (Wildman–Crippen LogP) is 3.73. The standard InChI is InChI=1S/C21H27N3O/c1-14-19(15(2)24(23-14)18-6-4-3-5-7-18)12-13-20(25)22-21(16-8-9-16)17-10-11-17/h3-7,16-17,21H,8-13H2,1-2H3,(H,22,25). The number of hydrogen-bond donors (Lipinski definition) is 1. The summed E-state index contributed by atoms with van der Waals surface area (Å²) in [5, 5.41) is 8.00. The molecule has 1 amide bonds. The number of nitrogens with zero attached hydrogens (tertiary/aromatic N) is 2. The molecule has 1 N–H and O–H groups in total. The lowest BCUT2D eigenvalue weighted by Crippen LogP contribution is -2.38. The SMILES string of the molecule is Cc1nn(-c2ccccc2)c(C)c1CCC(=O)NC(C1CC1)C1CC1. The second kappa shape index (κ2) is 6.66. The molecule has 1 aromatic carbocycles. The van der Waals surface area contributed by atoms with Crippen LogP contribution in [0.15, 0.2) is 30.3 Å². The van der Waals surface area contributed by atoms with E-state index in [1.165, 1.54) is 31.2 Å². The van der Waals surface area contributed by atoms with Crippen LogP contribution in [0.5, 0.6) is 0 Å². The molecular formula is C21H27N3O. The highest BCUT2D eigenvalue weighted by atomic mass is 16.1. The van der Waals surface area contributed by atoms with Crippen LogP contribution in [0.3, 0.4) is 0 Å². The molecule has 2 aliphatic carbocycles. The number of carbonyl (C=O) groups excluding carboxylic acids is 1. The van der Waals surface area contributed by atoms with Crippen molar-refractivity contribution in [2.24, 2.45) is 11.8 Å². The number of para-hydroxylation sites is 1. The van der Waals surface area contributed by atoms with Gasteiger partial charge in [-0.25, -0.2) is 4.68 Å². The van der Waals surface area contributed by atoms with Gasteiger partial charge in [-0.15, -0.1) is 0 Å². The van der Waals surface area contributed by atoms with Crippen molar-refractivity contribution in [1.29, 1.82) is 0 Å². The Morgan fingerprint density at radius 1 is 1.16 bits per heavy atom. The molecule has 4 nitrogen and oxygen atoms in total. The number of aromatic nitrogens is 2. The first-order valence-electron chi connectivity index (χ1n) is 9.53. The van der Waals surface area contributed by atoms with Gasteiger partial charge in [-0.1, -0.05) is 18.2 Å². The number of hydrogen-bond acceptors (Lipinski definition) is 2. The maximum atomic E-state index is 12.5. The van der Waals surface area contributed by atoms with E-state index >= 15 is 0 Å². The van der Waals surface area contributed by atoms with Crippen molar-refractivity contribution < 1.29 is 4.79 Å². The van der Waals surface area contributed by atoms with Crippen LogP contribution in [0.25, 0.3) is 5.69 Å². The van der Waals surface area contributed by atoms with E-state index in [4.69, 9.17) is 0 Å². The first-order valence-corrected chi connectivity index (χ1v) is 9.53. The minimum atomic E-state index is 0.204. The van der Waals surface area contributed by atoms with Crippen LogP contribution in [0.2, 0.25) is 0 Å². The Labute approximate surface area is 149 Å². The molecule has 0 unspecified atom stereocenters. The fraction of sp³-hybridized carbons (Fsp3) is 0.524. The van der Waals surface area contributed by atoms with E-state index in [0.717, 1.165) is 35.3 Å². The van der Waals surface area contributed by atoms with Crippen molar-refractivity contribution in [3.63, 3.8) is 0 Å². The van der Waals surface area contributed by atoms with Crippen LogP contribution in [0, 0.1) is 25.7 Å². The fourth-order valence-corrected chi connectivity index (χ4v) is 3.89. The monoisotopic (exact) mass is 337 g/mol. The highest BCUT2D eigenvalue weighted by molar-refractivity contribution is 5.76. The Morgan fingerprint density at radius 3 is 2.40 bits per heavy atom. The van der Waals surface area contributed by atoms with Crippen molar-refractivity contribution in [2.75, 3.05) is 0 Å². The summed E-state index contributed by atoms with van der Waals surface area (Å²) < 4.78 is 1.99. The summed E-state index contributed by atoms with van der Waals surface area (Å²) in [5.41, 5.74) is 4.43. The molecule has 0 radical (unpaired) electrons. The molecule has 0 spiro atoms. The molecular weight excluding hydrogens is 310 g/mol. The molecule has 4 heteroatoms. The quantitative estimate of drug-likeness (QED) is 0.837. The Hall–Kier alpha value is -2.10. The molecule has 2 aliphatic rings. The zero-order chi connectivity index (χ0) is 17.4. The minimum Gasteiger partial charge on any atom is -0.353 e. The molecule has 132 valence electrons. The van der Waals surface area contributed by atoms with E-state index < -0.39 is 0 Å². The average Bonchev–Trinajstić information content (AvgIpc) is 3.52. The third-order valence-corrected chi connectivity index (χ3v) is 5.63. The first-order chi connectivity index (χ1) is 12.1. The largest absolute Gasteiger partial charge is 0.353 e. The Balaban J connectivity index is 1.41. The van der Waals surface area contributed by atoms with E-state index in [1.54, 1.807) is 0 Å². The van der Waals surface area contributed by atoms with Gasteiger partial charge in [0.15, 0.2) is 0 Å². The van der Waals surface area contributed by atoms with Gasteiger partial charge in [0.05, 0.1) is 11.4 Å². The Morgan fingerprint density at radius 2 is 1.80 bits per heavy atom. The molecule has 0 atom stereocenters. The topological polar surface area (TPSA) is 46.9 Å². The van der Waals surface area contributed by atoms with E-state index in [0.29, 0.717) is 12.5 Å². The fourth-order valence-electron chi connectivity index (χ4n) is 3.89. The number of amides is 1. The van der Waals surface area contributed by atoms with E-state index in [2.05, 4.69) is 29.5 Å². The highest BCUT2D eigenvalue weighted by Crippen LogP contribution is 2.44. The summed E-state index contributed by atoms with van der Waals surface area (Å²) in [6.07, 6.45) is 6.50. The number of benzene rings is 1. The second-order valence-electron chi connectivity index (χ2n) is 7.66. The van der Waals surface area contributed by atoms with Gasteiger partial charge in [-0.3, -0.25) is 4.79 Å². The summed E-state index contributed by atoms with van der Waals surface area (Å²) in [7, 11) is 0. The maximum absolute atomic E-state index is 12.5. The normalized spacial score (nSPS) is 17.1. The number of nitrogens with one attached hydrogen (secondary N) is 1. The van der Waals surface area contributed by atoms with Gasteiger partial charge in [0.2, 0.25) is 5.91 Å². The lowest BCUT2D eigenvalue weighted by molar-refractivity contribution is -0.122. The zero-order valence-electron chi connectivity index (χ0n) is 15.2. The predicted molar refractivity (Wildman–Crippen MR) is 98.7 cm³/mol. The van der Waals surface area contributed by atoms with Crippen molar-refractivity contribution in [2.45, 2.75) is 58.4 Å². The molecule has 0 saturated heterocycles. The van der Waals surface area contributed by atoms with Gasteiger partial charge in [-0.2, -0.15) is 5.10 Å². The van der Waals surface area contributed by atoms with Gasteiger partial charge in [0, 0.05) is 18.2 Å². The highest BCUT2D eigenvalue weighted by Gasteiger charge is 2.42. The number of rotatable bonds is 7. The molecule has 4 rings (SSSR count). The van der Waals surface area contributed by atoms with Crippen LogP contribution in [-0.2, 0) is 11.2 Å². The van der Waals surface area contributed by atoms with Gasteiger partial charge in [0.1, 0.15) is 0 Å². The van der Waals surface area contributed by atoms with Crippen molar-refractivity contribution in [1.82, 2.24) is 15.1 Å². The Bertz CT molecular complexity index is 745. The van der Waals surface area contributed by atoms with Gasteiger partial charge in [0.25, 0.3) is 0 Å². The molecule has 2 saturated carbocycles. The van der Waals surface area contributed by atoms with E-state index in [1.807, 2.05) is 29.8 Å². The van der Waals surface area contributed by atoms with Gasteiger partial charge >= 0.3 is 0 Å². The van der Waals surface area contributed by atoms with Crippen LogP contribution in [-0.4, -0.2) is 21.7 Å². The summed E-state index contributed by atoms with van der Waals surface area (Å²) in [6.45, 7) is 4.13. The summed E-state index contributed by atoms with van der Waals surface area (Å²) in [4.78, 5) is 12.5. The lowest BCUT2D eigenvalue weighted by Gasteiger charge is -2.17. The Kier molecular flexibility index (Phi) is 4.36. The average molecular weight is 337 g/mol. The summed E-state index contributed by atoms with van der Waals surface area (Å²) in [6, 6.07) is 10.6. The van der Waals surface area contributed by atoms with Gasteiger partial charge in [-0.05, 0) is 75.5 Å². The van der Waals surface area contributed by atoms with Crippen molar-refractivity contribution in [3.8, 4) is 5.69 Å². The van der Waals surface area contributed by atoms with Crippen LogP contribution in [0.4, 0.5) is 0 Å². The van der Waals surface area contributed by atoms with Crippen molar-refractivity contribution in [3.05, 3.63) is 47.3 Å². The molecule has 2 fully saturated rings. The second-order valence-corrected chi connectivity index (χ2v) is 7.66. The maximum Gasteiger partial charge on any atom is 0.220 e. The molecule has 25 heavy (non-hydrogen) atoms. The lowest BCUT2D eigenvalue weighted by atomic mass is 10.1. The molecule has 2 aromatic rings. The summed E-state index contributed by atoms with van der Waals surface area (Å²) >= 11 is 0. The third-order valence-electron chi connectivity index (χ3n) is 5.63. The number of aryl methyl sites for hydroxylation is 1. The first kappa shape index (κ1) is 16.4. The molecule has 0 bridgehead atoms. The zero-order valence-corrected chi connectivity index (χ0v) is 15.2. The van der Waals surface area contributed by atoms with Crippen LogP contribution < -0.4 is 5.32 Å². The number of carbonyl (C=O) groups is 1. The third kappa shape index (κ3) is 3.63. The van der Waals surface area contributed by atoms with Crippen molar-refractivity contribution >= 4 is 5.91 Å². The smallest absolute Gasteiger partial charge is 0.220 e. The van der Waals surface area contributed by atoms with E-state index in [-0.39, 0.29) is 5.91 Å².